The molecular formula is C15H27NO. The number of carbonyl (C=O) groups excluding carboxylic acids is 1. The van der Waals surface area contributed by atoms with Crippen LogP contribution in [0.5, 0.6) is 0 Å². The van der Waals surface area contributed by atoms with Gasteiger partial charge in [0.1, 0.15) is 5.78 Å². The first-order valence-corrected chi connectivity index (χ1v) is 7.44. The Morgan fingerprint density at radius 3 is 1.88 bits per heavy atom. The number of Topliss-reactive ketones (excluding diaryl/α,β-unsaturated/α-hetero) is 1. The second kappa shape index (κ2) is 5.99. The van der Waals surface area contributed by atoms with Gasteiger partial charge in [-0.25, -0.2) is 0 Å². The maximum absolute atomic E-state index is 12.4. The summed E-state index contributed by atoms with van der Waals surface area (Å²) in [7, 11) is 0. The van der Waals surface area contributed by atoms with Gasteiger partial charge in [0.15, 0.2) is 0 Å². The van der Waals surface area contributed by atoms with Gasteiger partial charge in [-0.15, -0.1) is 0 Å². The van der Waals surface area contributed by atoms with Crippen LogP contribution < -0.4 is 5.73 Å². The first-order valence-electron chi connectivity index (χ1n) is 7.44. The van der Waals surface area contributed by atoms with Crippen LogP contribution in [-0.4, -0.2) is 12.3 Å². The van der Waals surface area contributed by atoms with Gasteiger partial charge in [0, 0.05) is 11.8 Å². The number of ketones is 1. The van der Waals surface area contributed by atoms with Gasteiger partial charge in [-0.3, -0.25) is 4.79 Å². The first-order chi connectivity index (χ1) is 8.20. The van der Waals surface area contributed by atoms with E-state index in [0.29, 0.717) is 23.5 Å². The van der Waals surface area contributed by atoms with E-state index in [1.807, 2.05) is 0 Å². The van der Waals surface area contributed by atoms with E-state index in [1.165, 1.54) is 25.7 Å². The molecule has 0 aromatic heterocycles. The Hall–Kier alpha value is -0.370. The summed E-state index contributed by atoms with van der Waals surface area (Å²) in [6, 6.07) is 0. The Labute approximate surface area is 105 Å². The largest absolute Gasteiger partial charge is 0.330 e. The smallest absolute Gasteiger partial charge is 0.139 e. The third-order valence-corrected chi connectivity index (χ3v) is 5.00. The zero-order chi connectivity index (χ0) is 12.3. The molecule has 2 saturated carbocycles. The van der Waals surface area contributed by atoms with Gasteiger partial charge in [0.05, 0.1) is 0 Å². The number of rotatable bonds is 3. The maximum Gasteiger partial charge on any atom is 0.139 e. The lowest BCUT2D eigenvalue weighted by Crippen LogP contribution is -2.31. The number of hydrogen-bond donors (Lipinski definition) is 1. The summed E-state index contributed by atoms with van der Waals surface area (Å²) in [6.45, 7) is 3.12. The van der Waals surface area contributed by atoms with Crippen molar-refractivity contribution in [3.05, 3.63) is 0 Å². The van der Waals surface area contributed by atoms with E-state index in [2.05, 4.69) is 6.92 Å². The molecule has 0 aromatic carbocycles. The fourth-order valence-corrected chi connectivity index (χ4v) is 3.56. The zero-order valence-electron chi connectivity index (χ0n) is 11.2. The standard InChI is InChI=1S/C15H27NO/c1-11-2-6-13(7-3-11)15(17)14-8-4-12(10-16)5-9-14/h11-14H,2-10,16H2,1H3. The molecule has 2 aliphatic carbocycles. The molecule has 2 heteroatoms. The van der Waals surface area contributed by atoms with Crippen LogP contribution >= 0.6 is 0 Å². The topological polar surface area (TPSA) is 43.1 Å². The highest BCUT2D eigenvalue weighted by atomic mass is 16.1. The Morgan fingerprint density at radius 1 is 0.941 bits per heavy atom. The molecule has 0 spiro atoms. The van der Waals surface area contributed by atoms with Crippen LogP contribution in [0.3, 0.4) is 0 Å². The van der Waals surface area contributed by atoms with Crippen LogP contribution in [0, 0.1) is 23.7 Å². The summed E-state index contributed by atoms with van der Waals surface area (Å²) < 4.78 is 0. The highest BCUT2D eigenvalue weighted by Gasteiger charge is 2.32. The lowest BCUT2D eigenvalue weighted by atomic mass is 9.72. The highest BCUT2D eigenvalue weighted by molar-refractivity contribution is 5.83. The maximum atomic E-state index is 12.4. The van der Waals surface area contributed by atoms with E-state index in [4.69, 9.17) is 5.73 Å². The lowest BCUT2D eigenvalue weighted by Gasteiger charge is -2.32. The quantitative estimate of drug-likeness (QED) is 0.819. The Morgan fingerprint density at radius 2 is 1.41 bits per heavy atom. The predicted octanol–water partition coefficient (Wildman–Crippen LogP) is 3.15. The van der Waals surface area contributed by atoms with Crippen LogP contribution in [0.1, 0.15) is 58.3 Å². The van der Waals surface area contributed by atoms with Gasteiger partial charge in [-0.2, -0.15) is 0 Å². The minimum Gasteiger partial charge on any atom is -0.330 e. The number of nitrogens with two attached hydrogens (primary N) is 1. The fourth-order valence-electron chi connectivity index (χ4n) is 3.56. The van der Waals surface area contributed by atoms with E-state index in [0.717, 1.165) is 38.1 Å². The second-order valence-electron chi connectivity index (χ2n) is 6.31. The molecule has 2 nitrogen and oxygen atoms in total. The molecule has 2 rings (SSSR count). The third-order valence-electron chi connectivity index (χ3n) is 5.00. The molecule has 2 fully saturated rings. The van der Waals surface area contributed by atoms with E-state index in [9.17, 15) is 4.79 Å². The lowest BCUT2D eigenvalue weighted by molar-refractivity contribution is -0.129. The third kappa shape index (κ3) is 3.31. The molecule has 0 aliphatic heterocycles. The van der Waals surface area contributed by atoms with Crippen molar-refractivity contribution < 1.29 is 4.79 Å². The number of carbonyl (C=O) groups is 1. The van der Waals surface area contributed by atoms with Crippen LogP contribution in [-0.2, 0) is 4.79 Å². The van der Waals surface area contributed by atoms with E-state index < -0.39 is 0 Å². The van der Waals surface area contributed by atoms with Gasteiger partial charge < -0.3 is 5.73 Å². The monoisotopic (exact) mass is 237 g/mol. The number of hydrogen-bond acceptors (Lipinski definition) is 2. The summed E-state index contributed by atoms with van der Waals surface area (Å²) in [5, 5.41) is 0. The highest BCUT2D eigenvalue weighted by Crippen LogP contribution is 2.35. The summed E-state index contributed by atoms with van der Waals surface area (Å²) in [5.41, 5.74) is 5.70. The Kier molecular flexibility index (Phi) is 4.61. The Balaban J connectivity index is 1.80. The SMILES string of the molecule is CC1CCC(C(=O)C2CCC(CN)CC2)CC1. The summed E-state index contributed by atoms with van der Waals surface area (Å²) in [5.74, 6) is 2.88. The molecule has 2 aliphatic rings. The molecule has 17 heavy (non-hydrogen) atoms. The Bertz CT molecular complexity index is 248. The van der Waals surface area contributed by atoms with Crippen molar-refractivity contribution in [1.29, 1.82) is 0 Å². The summed E-state index contributed by atoms with van der Waals surface area (Å²) in [6.07, 6.45) is 9.38. The zero-order valence-corrected chi connectivity index (χ0v) is 11.2. The van der Waals surface area contributed by atoms with Gasteiger partial charge in [-0.1, -0.05) is 19.8 Å². The van der Waals surface area contributed by atoms with Crippen molar-refractivity contribution in [3.8, 4) is 0 Å². The van der Waals surface area contributed by atoms with Gasteiger partial charge in [0.2, 0.25) is 0 Å². The molecule has 98 valence electrons. The molecule has 0 bridgehead atoms. The minimum absolute atomic E-state index is 0.371. The van der Waals surface area contributed by atoms with Crippen molar-refractivity contribution in [2.75, 3.05) is 6.54 Å². The van der Waals surface area contributed by atoms with E-state index >= 15 is 0 Å². The van der Waals surface area contributed by atoms with Crippen LogP contribution in [0.25, 0.3) is 0 Å². The van der Waals surface area contributed by atoms with E-state index in [1.54, 1.807) is 0 Å². The van der Waals surface area contributed by atoms with Crippen molar-refractivity contribution in [1.82, 2.24) is 0 Å². The fraction of sp³-hybridized carbons (Fsp3) is 0.933. The average Bonchev–Trinajstić information content (AvgIpc) is 2.39. The van der Waals surface area contributed by atoms with Crippen molar-refractivity contribution in [3.63, 3.8) is 0 Å². The summed E-state index contributed by atoms with van der Waals surface area (Å²) in [4.78, 5) is 12.4. The molecule has 0 radical (unpaired) electrons. The average molecular weight is 237 g/mol. The molecule has 0 saturated heterocycles. The van der Waals surface area contributed by atoms with E-state index in [-0.39, 0.29) is 0 Å². The van der Waals surface area contributed by atoms with Crippen molar-refractivity contribution in [2.45, 2.75) is 58.3 Å². The van der Waals surface area contributed by atoms with Gasteiger partial charge in [-0.05, 0) is 56.9 Å². The first kappa shape index (κ1) is 13.1. The van der Waals surface area contributed by atoms with Gasteiger partial charge in [0.25, 0.3) is 0 Å². The second-order valence-corrected chi connectivity index (χ2v) is 6.31. The van der Waals surface area contributed by atoms with Crippen molar-refractivity contribution >= 4 is 5.78 Å². The predicted molar refractivity (Wildman–Crippen MR) is 70.6 cm³/mol. The molecule has 0 unspecified atom stereocenters. The minimum atomic E-state index is 0.371. The normalized spacial score (nSPS) is 38.9. The van der Waals surface area contributed by atoms with Crippen LogP contribution in [0.15, 0.2) is 0 Å². The van der Waals surface area contributed by atoms with Crippen LogP contribution in [0.2, 0.25) is 0 Å². The van der Waals surface area contributed by atoms with Gasteiger partial charge >= 0.3 is 0 Å². The van der Waals surface area contributed by atoms with Crippen LogP contribution in [0.4, 0.5) is 0 Å². The molecule has 0 aromatic rings. The molecule has 0 atom stereocenters. The van der Waals surface area contributed by atoms with Crippen molar-refractivity contribution in [2.24, 2.45) is 29.4 Å². The molecule has 2 N–H and O–H groups in total. The summed E-state index contributed by atoms with van der Waals surface area (Å²) >= 11 is 0. The molecule has 0 heterocycles. The molecule has 0 amide bonds. The molecular weight excluding hydrogens is 210 g/mol.